The summed E-state index contributed by atoms with van der Waals surface area (Å²) in [4.78, 5) is 11.1. The van der Waals surface area contributed by atoms with Crippen LogP contribution in [-0.2, 0) is 4.79 Å². The maximum atomic E-state index is 11.1. The molecule has 3 N–H and O–H groups in total. The molecule has 1 unspecified atom stereocenters. The predicted octanol–water partition coefficient (Wildman–Crippen LogP) is 5.30. The van der Waals surface area contributed by atoms with Crippen LogP contribution in [0.4, 0.5) is 0 Å². The first-order valence-corrected chi connectivity index (χ1v) is 12.2. The van der Waals surface area contributed by atoms with Crippen molar-refractivity contribution in [3.8, 4) is 0 Å². The molecule has 0 aliphatic rings. The maximum Gasteiger partial charge on any atom is 0.306 e. The Kier molecular flexibility index (Phi) is 17.2. The lowest BCUT2D eigenvalue weighted by atomic mass is 9.91. The first-order valence-electron chi connectivity index (χ1n) is 12.2. The minimum atomic E-state index is -1.10. The highest BCUT2D eigenvalue weighted by atomic mass is 16.4. The van der Waals surface area contributed by atoms with E-state index in [4.69, 9.17) is 10.2 Å². The minimum Gasteiger partial charge on any atom is -0.481 e. The zero-order chi connectivity index (χ0) is 22.7. The summed E-state index contributed by atoms with van der Waals surface area (Å²) in [6.07, 6.45) is 21.4. The Hall–Kier alpha value is -0.910. The predicted molar refractivity (Wildman–Crippen MR) is 126 cm³/mol. The summed E-state index contributed by atoms with van der Waals surface area (Å²) in [6, 6.07) is 0. The fourth-order valence-electron chi connectivity index (χ4n) is 4.13. The number of quaternary nitrogens is 1. The number of carboxylic acid groups (broad SMARTS) is 1. The van der Waals surface area contributed by atoms with Gasteiger partial charge in [-0.2, -0.15) is 0 Å². The highest BCUT2D eigenvalue weighted by Crippen LogP contribution is 2.23. The summed E-state index contributed by atoms with van der Waals surface area (Å²) in [5.41, 5.74) is -1.10. The Morgan fingerprint density at radius 3 is 1.63 bits per heavy atom. The number of nitrogens with zero attached hydrogens (tertiary/aromatic N) is 1. The molecule has 0 saturated heterocycles. The van der Waals surface area contributed by atoms with Gasteiger partial charge in [0, 0.05) is 6.61 Å². The van der Waals surface area contributed by atoms with Crippen LogP contribution in [0, 0.1) is 0 Å². The van der Waals surface area contributed by atoms with Crippen LogP contribution in [0.2, 0.25) is 0 Å². The van der Waals surface area contributed by atoms with Crippen LogP contribution in [-0.4, -0.2) is 65.7 Å². The molecular formula is C25H50NO4+. The summed E-state index contributed by atoms with van der Waals surface area (Å²) in [7, 11) is 5.97. The van der Waals surface area contributed by atoms with E-state index in [2.05, 4.69) is 12.2 Å². The van der Waals surface area contributed by atoms with Gasteiger partial charge in [0.2, 0.25) is 0 Å². The quantitative estimate of drug-likeness (QED) is 0.132. The minimum absolute atomic E-state index is 0.168. The van der Waals surface area contributed by atoms with Crippen LogP contribution in [0.1, 0.15) is 103 Å². The van der Waals surface area contributed by atoms with Gasteiger partial charge in [0.15, 0.2) is 0 Å². The largest absolute Gasteiger partial charge is 0.481 e. The molecule has 5 nitrogen and oxygen atoms in total. The third-order valence-electron chi connectivity index (χ3n) is 5.46. The number of aliphatic carboxylic acids is 1. The number of carbonyl (C=O) groups is 1. The van der Waals surface area contributed by atoms with Crippen LogP contribution < -0.4 is 0 Å². The van der Waals surface area contributed by atoms with Gasteiger partial charge >= 0.3 is 5.97 Å². The standard InChI is InChI=1S/C25H49NO4/c1-26(2,3)23-25(30,22-24(28)29)20-18-16-14-12-10-8-6-4-5-7-9-11-13-15-17-19-21-27/h4-5,27,30H,6-23H2,1-3H3/p+1/b5-4-. The topological polar surface area (TPSA) is 77.8 Å². The van der Waals surface area contributed by atoms with E-state index in [0.29, 0.717) is 24.1 Å². The van der Waals surface area contributed by atoms with Crippen molar-refractivity contribution in [2.75, 3.05) is 34.3 Å². The summed E-state index contributed by atoms with van der Waals surface area (Å²) in [5.74, 6) is -0.919. The number of carboxylic acids is 1. The average Bonchev–Trinajstić information content (AvgIpc) is 2.62. The van der Waals surface area contributed by atoms with Gasteiger partial charge < -0.3 is 19.8 Å². The third-order valence-corrected chi connectivity index (χ3v) is 5.46. The Morgan fingerprint density at radius 1 is 0.767 bits per heavy atom. The van der Waals surface area contributed by atoms with E-state index in [1.54, 1.807) is 0 Å². The van der Waals surface area contributed by atoms with Crippen molar-refractivity contribution >= 4 is 5.97 Å². The molecule has 5 heteroatoms. The van der Waals surface area contributed by atoms with Crippen molar-refractivity contribution in [2.45, 2.75) is 108 Å². The van der Waals surface area contributed by atoms with Gasteiger partial charge in [0.05, 0.1) is 27.6 Å². The smallest absolute Gasteiger partial charge is 0.306 e. The van der Waals surface area contributed by atoms with E-state index >= 15 is 0 Å². The summed E-state index contributed by atoms with van der Waals surface area (Å²) in [5, 5.41) is 28.6. The summed E-state index contributed by atoms with van der Waals surface area (Å²) >= 11 is 0. The third kappa shape index (κ3) is 20.4. The normalized spacial score (nSPS) is 14.3. The first-order chi connectivity index (χ1) is 14.2. The molecule has 0 aliphatic heterocycles. The van der Waals surface area contributed by atoms with Gasteiger partial charge in [-0.05, 0) is 38.5 Å². The number of unbranched alkanes of at least 4 members (excludes halogenated alkanes) is 12. The SMILES string of the molecule is C[N+](C)(C)CC(O)(CCCCCCCC/C=C\CCCCCCCCO)CC(=O)O. The molecular weight excluding hydrogens is 378 g/mol. The van der Waals surface area contributed by atoms with Gasteiger partial charge in [-0.15, -0.1) is 0 Å². The number of hydrogen-bond donors (Lipinski definition) is 3. The van der Waals surface area contributed by atoms with E-state index in [1.807, 2.05) is 21.1 Å². The Balaban J connectivity index is 3.62. The van der Waals surface area contributed by atoms with E-state index in [-0.39, 0.29) is 6.42 Å². The molecule has 0 fully saturated rings. The molecule has 0 spiro atoms. The molecule has 0 aromatic rings. The van der Waals surface area contributed by atoms with Crippen molar-refractivity contribution in [3.63, 3.8) is 0 Å². The molecule has 0 rings (SSSR count). The second kappa shape index (κ2) is 17.7. The van der Waals surface area contributed by atoms with Gasteiger partial charge in [-0.3, -0.25) is 4.79 Å². The molecule has 1 atom stereocenters. The lowest BCUT2D eigenvalue weighted by Crippen LogP contribution is -2.50. The van der Waals surface area contributed by atoms with Gasteiger partial charge in [0.25, 0.3) is 0 Å². The van der Waals surface area contributed by atoms with E-state index in [9.17, 15) is 9.90 Å². The van der Waals surface area contributed by atoms with Crippen molar-refractivity contribution in [2.24, 2.45) is 0 Å². The zero-order valence-corrected chi connectivity index (χ0v) is 20.1. The second-order valence-electron chi connectivity index (χ2n) is 10.0. The summed E-state index contributed by atoms with van der Waals surface area (Å²) < 4.78 is 0.571. The van der Waals surface area contributed by atoms with Gasteiger partial charge in [-0.1, -0.05) is 69.9 Å². The molecule has 0 radical (unpaired) electrons. The van der Waals surface area contributed by atoms with Crippen molar-refractivity contribution in [1.82, 2.24) is 0 Å². The monoisotopic (exact) mass is 428 g/mol. The van der Waals surface area contributed by atoms with Crippen molar-refractivity contribution < 1.29 is 24.6 Å². The zero-order valence-electron chi connectivity index (χ0n) is 20.1. The molecule has 0 amide bonds. The van der Waals surface area contributed by atoms with Crippen LogP contribution in [0.3, 0.4) is 0 Å². The van der Waals surface area contributed by atoms with Crippen molar-refractivity contribution in [3.05, 3.63) is 12.2 Å². The Morgan fingerprint density at radius 2 is 1.20 bits per heavy atom. The summed E-state index contributed by atoms with van der Waals surface area (Å²) in [6.45, 7) is 0.797. The fourth-order valence-corrected chi connectivity index (χ4v) is 4.13. The number of likely N-dealkylation sites (N-methyl/N-ethyl adjacent to an activating group) is 1. The Labute approximate surface area is 185 Å². The highest BCUT2D eigenvalue weighted by molar-refractivity contribution is 5.68. The van der Waals surface area contributed by atoms with Crippen LogP contribution in [0.15, 0.2) is 12.2 Å². The second-order valence-corrected chi connectivity index (χ2v) is 10.0. The van der Waals surface area contributed by atoms with E-state index < -0.39 is 11.6 Å². The van der Waals surface area contributed by atoms with Crippen molar-refractivity contribution in [1.29, 1.82) is 0 Å². The van der Waals surface area contributed by atoms with Crippen LogP contribution >= 0.6 is 0 Å². The lowest BCUT2D eigenvalue weighted by molar-refractivity contribution is -0.877. The number of allylic oxidation sites excluding steroid dienone is 2. The average molecular weight is 429 g/mol. The molecule has 0 heterocycles. The highest BCUT2D eigenvalue weighted by Gasteiger charge is 2.35. The number of aliphatic hydroxyl groups excluding tert-OH is 1. The van der Waals surface area contributed by atoms with Gasteiger partial charge in [0.1, 0.15) is 12.1 Å². The van der Waals surface area contributed by atoms with Gasteiger partial charge in [-0.25, -0.2) is 0 Å². The maximum absolute atomic E-state index is 11.1. The first kappa shape index (κ1) is 29.1. The molecule has 0 aromatic carbocycles. The molecule has 0 aliphatic carbocycles. The lowest BCUT2D eigenvalue weighted by Gasteiger charge is -2.34. The Bertz CT molecular complexity index is 445. The number of aliphatic hydroxyl groups is 2. The molecule has 0 saturated carbocycles. The molecule has 0 bridgehead atoms. The number of rotatable bonds is 21. The van der Waals surface area contributed by atoms with E-state index in [0.717, 1.165) is 32.1 Å². The molecule has 178 valence electrons. The van der Waals surface area contributed by atoms with Crippen LogP contribution in [0.25, 0.3) is 0 Å². The number of hydrogen-bond acceptors (Lipinski definition) is 3. The van der Waals surface area contributed by atoms with E-state index in [1.165, 1.54) is 57.8 Å². The molecule has 30 heavy (non-hydrogen) atoms. The molecule has 0 aromatic heterocycles. The fraction of sp³-hybridized carbons (Fsp3) is 0.880. The van der Waals surface area contributed by atoms with Crippen LogP contribution in [0.5, 0.6) is 0 Å².